The van der Waals surface area contributed by atoms with Crippen molar-refractivity contribution in [1.29, 1.82) is 0 Å². The topological polar surface area (TPSA) is 20.3 Å². The molecule has 2 nitrogen and oxygen atoms in total. The van der Waals surface area contributed by atoms with Crippen molar-refractivity contribution < 1.29 is 48.5 Å². The van der Waals surface area contributed by atoms with E-state index < -0.39 is 37.7 Å². The maximum Gasteiger partial charge on any atom is 0.473 e. The molecule has 102 valence electrons. The lowest BCUT2D eigenvalue weighted by molar-refractivity contribution is -0.405. The summed E-state index contributed by atoms with van der Waals surface area (Å²) < 4.78 is 125. The van der Waals surface area contributed by atoms with E-state index in [0.29, 0.717) is 0 Å². The molecular weight excluding hydrogens is 299 g/mol. The van der Waals surface area contributed by atoms with E-state index in [9.17, 15) is 48.5 Å². The predicted molar refractivity (Wildman–Crippen MR) is 32.8 cm³/mol. The highest BCUT2D eigenvalue weighted by molar-refractivity contribution is 7.20. The molecule has 0 fully saturated rings. The van der Waals surface area contributed by atoms with Gasteiger partial charge in [0.05, 0.1) is 4.67 Å². The molecule has 0 aromatic carbocycles. The smallest absolute Gasteiger partial charge is 0.174 e. The van der Waals surface area contributed by atoms with E-state index in [2.05, 4.69) is 0 Å². The van der Waals surface area contributed by atoms with Crippen molar-refractivity contribution in [1.82, 2.24) is 4.67 Å². The van der Waals surface area contributed by atoms with E-state index in [1.807, 2.05) is 0 Å². The lowest BCUT2D eigenvalue weighted by atomic mass is 10.4. The average Bonchev–Trinajstić information content (AvgIpc) is 1.99. The number of hydrogen-bond acceptors (Lipinski definition) is 1. The molecule has 17 heavy (non-hydrogen) atoms. The minimum atomic E-state index is -6.74. The van der Waals surface area contributed by atoms with Gasteiger partial charge in [-0.15, -0.1) is 0 Å². The van der Waals surface area contributed by atoms with E-state index in [1.165, 1.54) is 0 Å². The molecule has 0 aliphatic heterocycles. The molecule has 0 saturated heterocycles. The predicted octanol–water partition coefficient (Wildman–Crippen LogP) is 3.54. The molecule has 0 aromatic rings. The molecule has 0 aliphatic rings. The Labute approximate surface area is 87.4 Å². The summed E-state index contributed by atoms with van der Waals surface area (Å²) >= 11 is 0. The van der Waals surface area contributed by atoms with Crippen LogP contribution < -0.4 is 0 Å². The fourth-order valence-electron chi connectivity index (χ4n) is 0.545. The van der Waals surface area contributed by atoms with Crippen molar-refractivity contribution in [2.24, 2.45) is 0 Å². The summed E-state index contributed by atoms with van der Waals surface area (Å²) in [6.07, 6.45) is -13.5. The number of alkyl halides is 10. The molecule has 13 heteroatoms. The Hall–Kier alpha value is -0.640. The highest BCUT2D eigenvalue weighted by Crippen LogP contribution is 2.51. The quantitative estimate of drug-likeness (QED) is 0.451. The number of halogens is 10. The Morgan fingerprint density at radius 2 is 0.882 bits per heavy atom. The average molecular weight is 300 g/mol. The largest absolute Gasteiger partial charge is 0.473 e. The van der Waals surface area contributed by atoms with Crippen molar-refractivity contribution in [3.8, 4) is 0 Å². The van der Waals surface area contributed by atoms with Crippen LogP contribution in [-0.2, 0) is 4.57 Å². The van der Waals surface area contributed by atoms with Gasteiger partial charge in [-0.1, -0.05) is 4.57 Å². The Balaban J connectivity index is 5.60. The van der Waals surface area contributed by atoms with Gasteiger partial charge >= 0.3 is 33.1 Å². The second-order valence-electron chi connectivity index (χ2n) is 2.50. The third kappa shape index (κ3) is 2.79. The van der Waals surface area contributed by atoms with Crippen LogP contribution >= 0.6 is 8.61 Å². The first-order valence-electron chi connectivity index (χ1n) is 3.26. The molecule has 0 aromatic heterocycles. The van der Waals surface area contributed by atoms with Crippen molar-refractivity contribution in [3.63, 3.8) is 0 Å². The van der Waals surface area contributed by atoms with E-state index in [4.69, 9.17) is 0 Å². The third-order valence-corrected chi connectivity index (χ3v) is 2.08. The van der Waals surface area contributed by atoms with Crippen LogP contribution in [0.5, 0.6) is 0 Å². The second kappa shape index (κ2) is 4.23. The fraction of sp³-hybridized carbons (Fsp3) is 1.00. The highest BCUT2D eigenvalue weighted by Gasteiger charge is 2.79. The first-order valence-corrected chi connectivity index (χ1v) is 4.12. The summed E-state index contributed by atoms with van der Waals surface area (Å²) in [5, 5.41) is 0. The Morgan fingerprint density at radius 1 is 0.647 bits per heavy atom. The first-order chi connectivity index (χ1) is 7.19. The van der Waals surface area contributed by atoms with E-state index in [1.54, 1.807) is 0 Å². The first kappa shape index (κ1) is 16.4. The molecule has 0 saturated carbocycles. The van der Waals surface area contributed by atoms with Crippen LogP contribution in [0.1, 0.15) is 0 Å². The van der Waals surface area contributed by atoms with Crippen molar-refractivity contribution in [2.45, 2.75) is 24.4 Å². The van der Waals surface area contributed by atoms with Gasteiger partial charge in [0.15, 0.2) is 0 Å². The summed E-state index contributed by atoms with van der Waals surface area (Å²) in [6, 6.07) is -13.2. The lowest BCUT2D eigenvalue weighted by Gasteiger charge is -2.28. The Bertz CT molecular complexity index is 268. The van der Waals surface area contributed by atoms with Crippen molar-refractivity contribution in [3.05, 3.63) is 0 Å². The van der Waals surface area contributed by atoms with Gasteiger partial charge in [-0.3, -0.25) is 0 Å². The SMILES string of the molecule is O=[PH+]N(C(F)(F)C(F)(F)F)C(F)(F)C(F)(F)F. The van der Waals surface area contributed by atoms with Crippen molar-refractivity contribution >= 4 is 8.61 Å². The van der Waals surface area contributed by atoms with Gasteiger partial charge in [0, 0.05) is 0 Å². The maximum atomic E-state index is 12.2. The molecule has 0 amide bonds. The zero-order valence-corrected chi connectivity index (χ0v) is 8.14. The van der Waals surface area contributed by atoms with Gasteiger partial charge in [0.25, 0.3) is 0 Å². The third-order valence-electron chi connectivity index (χ3n) is 1.34. The minimum absolute atomic E-state index is 2.78. The van der Waals surface area contributed by atoms with Crippen LogP contribution in [0.3, 0.4) is 0 Å². The molecule has 0 rings (SSSR count). The molecule has 0 heterocycles. The summed E-state index contributed by atoms with van der Waals surface area (Å²) in [7, 11) is -3.36. The van der Waals surface area contributed by atoms with E-state index >= 15 is 0 Å². The van der Waals surface area contributed by atoms with Gasteiger partial charge in [0.2, 0.25) is 0 Å². The zero-order valence-electron chi connectivity index (χ0n) is 7.14. The van der Waals surface area contributed by atoms with Crippen LogP contribution in [0, 0.1) is 0 Å². The van der Waals surface area contributed by atoms with Gasteiger partial charge in [0.1, 0.15) is 0 Å². The molecule has 0 aliphatic carbocycles. The highest BCUT2D eigenvalue weighted by atomic mass is 31.1. The standard InChI is InChI=1S/C4F10NOP/c5-1(6,7)3(11,12)15(17-16)4(13,14)2(8,9)10/p+1. The summed E-state index contributed by atoms with van der Waals surface area (Å²) in [5.41, 5.74) is 0. The van der Waals surface area contributed by atoms with Crippen LogP contribution in [-0.4, -0.2) is 29.1 Å². The summed E-state index contributed by atoms with van der Waals surface area (Å²) in [5.74, 6) is 0. The minimum Gasteiger partial charge on any atom is -0.174 e. The molecule has 0 radical (unpaired) electrons. The molecule has 0 bridgehead atoms. The number of rotatable bonds is 3. The van der Waals surface area contributed by atoms with E-state index in [0.717, 1.165) is 0 Å². The van der Waals surface area contributed by atoms with Gasteiger partial charge in [-0.25, -0.2) is 0 Å². The second-order valence-corrected chi connectivity index (χ2v) is 3.13. The normalized spacial score (nSPS) is 15.7. The fourth-order valence-corrected chi connectivity index (χ4v) is 1.03. The molecule has 1 unspecified atom stereocenters. The van der Waals surface area contributed by atoms with E-state index in [-0.39, 0.29) is 0 Å². The van der Waals surface area contributed by atoms with Gasteiger partial charge in [-0.2, -0.15) is 43.9 Å². The monoisotopic (exact) mass is 300 g/mol. The van der Waals surface area contributed by atoms with Crippen LogP contribution in [0.4, 0.5) is 43.9 Å². The van der Waals surface area contributed by atoms with Crippen LogP contribution in [0.15, 0.2) is 0 Å². The number of nitrogens with zero attached hydrogens (tertiary/aromatic N) is 1. The molecule has 1 atom stereocenters. The Kier molecular flexibility index (Phi) is 4.07. The lowest BCUT2D eigenvalue weighted by Crippen LogP contribution is -2.60. The summed E-state index contributed by atoms with van der Waals surface area (Å²) in [4.78, 5) is 0. The van der Waals surface area contributed by atoms with Gasteiger partial charge < -0.3 is 0 Å². The Morgan fingerprint density at radius 3 is 1.00 bits per heavy atom. The molecule has 0 N–H and O–H groups in total. The van der Waals surface area contributed by atoms with Crippen LogP contribution in [0.25, 0.3) is 0 Å². The van der Waals surface area contributed by atoms with Crippen molar-refractivity contribution in [2.75, 3.05) is 0 Å². The maximum absolute atomic E-state index is 12.2. The van der Waals surface area contributed by atoms with Gasteiger partial charge in [-0.05, 0) is 0 Å². The summed E-state index contributed by atoms with van der Waals surface area (Å²) in [6.45, 7) is 0. The molecular formula is C4HF10NOP+. The zero-order chi connectivity index (χ0) is 14.3. The number of hydrogen-bond donors (Lipinski definition) is 0. The van der Waals surface area contributed by atoms with Crippen LogP contribution in [0.2, 0.25) is 0 Å². The molecule has 0 spiro atoms.